The van der Waals surface area contributed by atoms with Gasteiger partial charge in [-0.05, 0) is 56.9 Å². The van der Waals surface area contributed by atoms with Crippen LogP contribution in [-0.4, -0.2) is 40.6 Å². The summed E-state index contributed by atoms with van der Waals surface area (Å²) in [7, 11) is 0. The number of rotatable bonds is 4. The van der Waals surface area contributed by atoms with Gasteiger partial charge in [-0.3, -0.25) is 4.79 Å². The zero-order valence-corrected chi connectivity index (χ0v) is 14.7. The van der Waals surface area contributed by atoms with E-state index < -0.39 is 5.97 Å². The van der Waals surface area contributed by atoms with Crippen LogP contribution >= 0.6 is 0 Å². The summed E-state index contributed by atoms with van der Waals surface area (Å²) < 4.78 is 0. The average Bonchev–Trinajstić information content (AvgIpc) is 2.63. The predicted molar refractivity (Wildman–Crippen MR) is 96.4 cm³/mol. The Balaban J connectivity index is 1.55. The lowest BCUT2D eigenvalue weighted by Gasteiger charge is -2.37. The van der Waals surface area contributed by atoms with Crippen molar-refractivity contribution in [3.63, 3.8) is 0 Å². The van der Waals surface area contributed by atoms with Crippen LogP contribution in [0, 0.1) is 5.92 Å². The lowest BCUT2D eigenvalue weighted by atomic mass is 9.86. The quantitative estimate of drug-likeness (QED) is 0.879. The summed E-state index contributed by atoms with van der Waals surface area (Å²) >= 11 is 0. The van der Waals surface area contributed by atoms with E-state index in [-0.39, 0.29) is 24.0 Å². The molecule has 1 aromatic rings. The summed E-state index contributed by atoms with van der Waals surface area (Å²) in [5.41, 5.74) is 1.27. The Morgan fingerprint density at radius 3 is 2.44 bits per heavy atom. The Hall–Kier alpha value is -2.04. The van der Waals surface area contributed by atoms with Gasteiger partial charge in [-0.2, -0.15) is 0 Å². The molecule has 136 valence electrons. The zero-order valence-electron chi connectivity index (χ0n) is 14.7. The van der Waals surface area contributed by atoms with Crippen LogP contribution in [0.4, 0.5) is 4.79 Å². The molecule has 1 saturated carbocycles. The van der Waals surface area contributed by atoms with Crippen LogP contribution in [0.5, 0.6) is 0 Å². The molecule has 2 aliphatic rings. The summed E-state index contributed by atoms with van der Waals surface area (Å²) in [6, 6.07) is 10.7. The number of nitrogens with zero attached hydrogens (tertiary/aromatic N) is 1. The second-order valence-electron chi connectivity index (χ2n) is 7.37. The number of carboxylic acids is 1. The minimum atomic E-state index is -0.705. The number of aliphatic carboxylic acids is 1. The number of hydrogen-bond donors (Lipinski definition) is 2. The molecule has 5 nitrogen and oxygen atoms in total. The molecule has 3 rings (SSSR count). The van der Waals surface area contributed by atoms with Crippen molar-refractivity contribution in [3.05, 3.63) is 35.9 Å². The number of nitrogens with one attached hydrogen (secondary N) is 1. The first-order valence-corrected chi connectivity index (χ1v) is 9.47. The monoisotopic (exact) mass is 344 g/mol. The van der Waals surface area contributed by atoms with Gasteiger partial charge in [0.2, 0.25) is 0 Å². The molecule has 1 aliphatic carbocycles. The summed E-state index contributed by atoms with van der Waals surface area (Å²) in [4.78, 5) is 25.8. The molecular formula is C20H28N2O3. The second-order valence-corrected chi connectivity index (χ2v) is 7.37. The van der Waals surface area contributed by atoms with Crippen molar-refractivity contribution in [2.45, 2.75) is 63.5 Å². The number of piperidine rings is 1. The van der Waals surface area contributed by atoms with Crippen LogP contribution in [0.1, 0.15) is 50.5 Å². The number of carbonyl (C=O) groups is 2. The molecule has 0 radical (unpaired) electrons. The molecule has 1 atom stereocenters. The van der Waals surface area contributed by atoms with E-state index in [0.29, 0.717) is 12.8 Å². The smallest absolute Gasteiger partial charge is 0.317 e. The fourth-order valence-corrected chi connectivity index (χ4v) is 4.11. The number of likely N-dealkylation sites (tertiary alicyclic amines) is 1. The first-order chi connectivity index (χ1) is 12.1. The fourth-order valence-electron chi connectivity index (χ4n) is 4.11. The summed E-state index contributed by atoms with van der Waals surface area (Å²) in [6.45, 7) is 0.813. The van der Waals surface area contributed by atoms with Crippen LogP contribution in [-0.2, 0) is 11.2 Å². The molecule has 1 saturated heterocycles. The maximum atomic E-state index is 12.8. The molecule has 5 heteroatoms. The maximum absolute atomic E-state index is 12.8. The lowest BCUT2D eigenvalue weighted by Crippen LogP contribution is -2.52. The van der Waals surface area contributed by atoms with Crippen LogP contribution in [0.2, 0.25) is 0 Å². The highest BCUT2D eigenvalue weighted by Gasteiger charge is 2.31. The van der Waals surface area contributed by atoms with Crippen molar-refractivity contribution in [1.29, 1.82) is 0 Å². The van der Waals surface area contributed by atoms with E-state index in [2.05, 4.69) is 17.4 Å². The molecule has 2 fully saturated rings. The van der Waals surface area contributed by atoms with E-state index in [1.54, 1.807) is 0 Å². The highest BCUT2D eigenvalue weighted by atomic mass is 16.4. The number of carbonyl (C=O) groups excluding carboxylic acids is 1. The van der Waals surface area contributed by atoms with Gasteiger partial charge >= 0.3 is 12.0 Å². The maximum Gasteiger partial charge on any atom is 0.317 e. The Morgan fingerprint density at radius 2 is 1.76 bits per heavy atom. The Bertz CT molecular complexity index is 582. The number of amides is 2. The molecule has 0 bridgehead atoms. The van der Waals surface area contributed by atoms with Gasteiger partial charge < -0.3 is 15.3 Å². The van der Waals surface area contributed by atoms with E-state index in [1.165, 1.54) is 12.0 Å². The SMILES string of the molecule is O=C(O)C1CCC(NC(=O)N2CCCCC2Cc2ccccc2)CC1. The first kappa shape index (κ1) is 17.8. The Morgan fingerprint density at radius 1 is 1.04 bits per heavy atom. The summed E-state index contributed by atoms with van der Waals surface area (Å²) in [5.74, 6) is -0.947. The standard InChI is InChI=1S/C20H28N2O3/c23-19(24)16-9-11-17(12-10-16)21-20(25)22-13-5-4-8-18(22)14-15-6-2-1-3-7-15/h1-3,6-7,16-18H,4-5,8-14H2,(H,21,25)(H,23,24). The van der Waals surface area contributed by atoms with E-state index in [0.717, 1.165) is 38.6 Å². The van der Waals surface area contributed by atoms with Gasteiger partial charge in [0.15, 0.2) is 0 Å². The van der Waals surface area contributed by atoms with Gasteiger partial charge in [0.05, 0.1) is 5.92 Å². The van der Waals surface area contributed by atoms with E-state index >= 15 is 0 Å². The van der Waals surface area contributed by atoms with E-state index in [9.17, 15) is 9.59 Å². The van der Waals surface area contributed by atoms with Crippen molar-refractivity contribution in [2.75, 3.05) is 6.54 Å². The first-order valence-electron chi connectivity index (χ1n) is 9.47. The zero-order chi connectivity index (χ0) is 17.6. The van der Waals surface area contributed by atoms with Gasteiger partial charge in [-0.25, -0.2) is 4.79 Å². The average molecular weight is 344 g/mol. The molecular weight excluding hydrogens is 316 g/mol. The third kappa shape index (κ3) is 4.74. The highest BCUT2D eigenvalue weighted by molar-refractivity contribution is 5.75. The molecule has 1 unspecified atom stereocenters. The number of hydrogen-bond acceptors (Lipinski definition) is 2. The summed E-state index contributed by atoms with van der Waals surface area (Å²) in [6.07, 6.45) is 7.03. The minimum absolute atomic E-state index is 0.0272. The van der Waals surface area contributed by atoms with Crippen LogP contribution in [0.3, 0.4) is 0 Å². The van der Waals surface area contributed by atoms with Gasteiger partial charge in [0.1, 0.15) is 0 Å². The van der Waals surface area contributed by atoms with Crippen molar-refractivity contribution in [2.24, 2.45) is 5.92 Å². The van der Waals surface area contributed by atoms with Crippen LogP contribution in [0.25, 0.3) is 0 Å². The van der Waals surface area contributed by atoms with Crippen LogP contribution < -0.4 is 5.32 Å². The Kier molecular flexibility index (Phi) is 5.95. The van der Waals surface area contributed by atoms with Gasteiger partial charge in [-0.15, -0.1) is 0 Å². The molecule has 0 aromatic heterocycles. The third-order valence-corrected chi connectivity index (χ3v) is 5.61. The minimum Gasteiger partial charge on any atom is -0.481 e. The van der Waals surface area contributed by atoms with Crippen molar-refractivity contribution < 1.29 is 14.7 Å². The molecule has 0 spiro atoms. The van der Waals surface area contributed by atoms with Gasteiger partial charge in [0, 0.05) is 18.6 Å². The predicted octanol–water partition coefficient (Wildman–Crippen LogP) is 3.44. The number of benzene rings is 1. The lowest BCUT2D eigenvalue weighted by molar-refractivity contribution is -0.142. The molecule has 1 aromatic carbocycles. The largest absolute Gasteiger partial charge is 0.481 e. The van der Waals surface area contributed by atoms with Crippen molar-refractivity contribution >= 4 is 12.0 Å². The van der Waals surface area contributed by atoms with Gasteiger partial charge in [-0.1, -0.05) is 30.3 Å². The van der Waals surface area contributed by atoms with Crippen molar-refractivity contribution in [1.82, 2.24) is 10.2 Å². The van der Waals surface area contributed by atoms with Crippen molar-refractivity contribution in [3.8, 4) is 0 Å². The summed E-state index contributed by atoms with van der Waals surface area (Å²) in [5, 5.41) is 12.2. The fraction of sp³-hybridized carbons (Fsp3) is 0.600. The number of urea groups is 1. The Labute approximate surface area is 149 Å². The topological polar surface area (TPSA) is 69.6 Å². The third-order valence-electron chi connectivity index (χ3n) is 5.61. The highest BCUT2D eigenvalue weighted by Crippen LogP contribution is 2.26. The van der Waals surface area contributed by atoms with Crippen LogP contribution in [0.15, 0.2) is 30.3 Å². The number of carboxylic acid groups (broad SMARTS) is 1. The normalized spacial score (nSPS) is 26.9. The molecule has 1 aliphatic heterocycles. The second kappa shape index (κ2) is 8.37. The van der Waals surface area contributed by atoms with E-state index in [1.807, 2.05) is 23.1 Å². The molecule has 25 heavy (non-hydrogen) atoms. The molecule has 2 amide bonds. The van der Waals surface area contributed by atoms with Gasteiger partial charge in [0.25, 0.3) is 0 Å². The molecule has 2 N–H and O–H groups in total. The molecule has 1 heterocycles. The van der Waals surface area contributed by atoms with E-state index in [4.69, 9.17) is 5.11 Å².